The van der Waals surface area contributed by atoms with Crippen LogP contribution in [0.1, 0.15) is 12.8 Å². The third-order valence-electron chi connectivity index (χ3n) is 4.03. The minimum absolute atomic E-state index is 0.0654. The van der Waals surface area contributed by atoms with Crippen molar-refractivity contribution in [2.24, 2.45) is 0 Å². The smallest absolute Gasteiger partial charge is 0.240 e. The predicted octanol–water partition coefficient (Wildman–Crippen LogP) is 0.573. The molecule has 0 saturated carbocycles. The maximum Gasteiger partial charge on any atom is 0.240 e. The first-order valence-electron chi connectivity index (χ1n) is 6.63. The molecule has 1 aromatic rings. The number of nitrogen functional groups attached to an aromatic ring is 1. The molecule has 1 amide bonds. The molecule has 5 heteroatoms. The van der Waals surface area contributed by atoms with Gasteiger partial charge in [0.25, 0.3) is 0 Å². The fraction of sp³-hybridized carbons (Fsp3) is 0.500. The molecule has 1 aliphatic rings. The van der Waals surface area contributed by atoms with Crippen molar-refractivity contribution in [1.82, 2.24) is 10.6 Å². The molecule has 0 aliphatic carbocycles. The second-order valence-corrected chi connectivity index (χ2v) is 4.96. The lowest BCUT2D eigenvalue weighted by Gasteiger charge is -2.41. The standard InChI is InChI=1S/C14H22N4O/c1-16-13(19)14(17-2)7-9-18(10-8-14)12-6-4-3-5-11(12)15/h3-6,17H,7-10,15H2,1-2H3,(H,16,19). The zero-order valence-electron chi connectivity index (χ0n) is 11.6. The van der Waals surface area contributed by atoms with Crippen LogP contribution in [0.5, 0.6) is 0 Å². The summed E-state index contributed by atoms with van der Waals surface area (Å²) in [4.78, 5) is 14.3. The molecule has 0 spiro atoms. The molecule has 1 fully saturated rings. The Morgan fingerprint density at radius 2 is 1.89 bits per heavy atom. The molecule has 0 unspecified atom stereocenters. The molecular formula is C14H22N4O. The summed E-state index contributed by atoms with van der Waals surface area (Å²) in [5, 5.41) is 5.93. The minimum Gasteiger partial charge on any atom is -0.397 e. The van der Waals surface area contributed by atoms with Gasteiger partial charge in [0.05, 0.1) is 11.4 Å². The Labute approximate surface area is 114 Å². The number of carbonyl (C=O) groups is 1. The summed E-state index contributed by atoms with van der Waals surface area (Å²) in [6.45, 7) is 1.64. The van der Waals surface area contributed by atoms with Gasteiger partial charge < -0.3 is 21.3 Å². The Morgan fingerprint density at radius 1 is 1.26 bits per heavy atom. The van der Waals surface area contributed by atoms with E-state index in [2.05, 4.69) is 15.5 Å². The summed E-state index contributed by atoms with van der Waals surface area (Å²) in [6.07, 6.45) is 1.55. The van der Waals surface area contributed by atoms with E-state index in [1.165, 1.54) is 0 Å². The van der Waals surface area contributed by atoms with Gasteiger partial charge in [0.1, 0.15) is 5.54 Å². The minimum atomic E-state index is -0.450. The number of likely N-dealkylation sites (N-methyl/N-ethyl adjacent to an activating group) is 2. The zero-order valence-corrected chi connectivity index (χ0v) is 11.6. The van der Waals surface area contributed by atoms with Crippen LogP contribution in [-0.2, 0) is 4.79 Å². The first-order chi connectivity index (χ1) is 9.13. The highest BCUT2D eigenvalue weighted by molar-refractivity contribution is 5.86. The molecule has 19 heavy (non-hydrogen) atoms. The van der Waals surface area contributed by atoms with Crippen LogP contribution in [-0.4, -0.2) is 38.6 Å². The molecule has 104 valence electrons. The Hall–Kier alpha value is -1.75. The van der Waals surface area contributed by atoms with Gasteiger partial charge in [-0.3, -0.25) is 4.79 Å². The Morgan fingerprint density at radius 3 is 2.42 bits per heavy atom. The molecule has 0 bridgehead atoms. The van der Waals surface area contributed by atoms with E-state index in [4.69, 9.17) is 5.73 Å². The largest absolute Gasteiger partial charge is 0.397 e. The Bertz CT molecular complexity index is 453. The van der Waals surface area contributed by atoms with Crippen LogP contribution in [0, 0.1) is 0 Å². The van der Waals surface area contributed by atoms with Crippen LogP contribution in [0.25, 0.3) is 0 Å². The number of rotatable bonds is 3. The van der Waals surface area contributed by atoms with Gasteiger partial charge >= 0.3 is 0 Å². The van der Waals surface area contributed by atoms with E-state index in [1.807, 2.05) is 31.3 Å². The number of nitrogens with one attached hydrogen (secondary N) is 2. The summed E-state index contributed by atoms with van der Waals surface area (Å²) in [7, 11) is 3.53. The number of benzene rings is 1. The van der Waals surface area contributed by atoms with Gasteiger partial charge in [-0.1, -0.05) is 12.1 Å². The van der Waals surface area contributed by atoms with Crippen LogP contribution in [0.4, 0.5) is 11.4 Å². The highest BCUT2D eigenvalue weighted by atomic mass is 16.2. The van der Waals surface area contributed by atoms with Crippen LogP contribution >= 0.6 is 0 Å². The van der Waals surface area contributed by atoms with Gasteiger partial charge in [-0.25, -0.2) is 0 Å². The van der Waals surface area contributed by atoms with Gasteiger partial charge in [0.15, 0.2) is 0 Å². The number of hydrogen-bond acceptors (Lipinski definition) is 4. The normalized spacial score (nSPS) is 18.1. The van der Waals surface area contributed by atoms with Crippen molar-refractivity contribution >= 4 is 17.3 Å². The molecule has 0 radical (unpaired) electrons. The van der Waals surface area contributed by atoms with Crippen molar-refractivity contribution < 1.29 is 4.79 Å². The van der Waals surface area contributed by atoms with Gasteiger partial charge in [-0.2, -0.15) is 0 Å². The number of hydrogen-bond donors (Lipinski definition) is 3. The Kier molecular flexibility index (Phi) is 3.95. The summed E-state index contributed by atoms with van der Waals surface area (Å²) < 4.78 is 0. The average Bonchev–Trinajstić information content (AvgIpc) is 2.47. The van der Waals surface area contributed by atoms with Gasteiger partial charge in [-0.15, -0.1) is 0 Å². The second-order valence-electron chi connectivity index (χ2n) is 4.96. The van der Waals surface area contributed by atoms with E-state index in [-0.39, 0.29) is 5.91 Å². The third kappa shape index (κ3) is 2.51. The molecular weight excluding hydrogens is 240 g/mol. The van der Waals surface area contributed by atoms with E-state index in [0.29, 0.717) is 0 Å². The maximum atomic E-state index is 12.0. The summed E-state index contributed by atoms with van der Waals surface area (Å²) in [5.41, 5.74) is 7.40. The average molecular weight is 262 g/mol. The SMILES string of the molecule is CNC(=O)C1(NC)CCN(c2ccccc2N)CC1. The van der Waals surface area contributed by atoms with Crippen molar-refractivity contribution in [3.63, 3.8) is 0 Å². The fourth-order valence-corrected chi connectivity index (χ4v) is 2.73. The van der Waals surface area contributed by atoms with Crippen LogP contribution in [0.15, 0.2) is 24.3 Å². The second kappa shape index (κ2) is 5.48. The van der Waals surface area contributed by atoms with Crippen LogP contribution in [0.2, 0.25) is 0 Å². The molecule has 1 heterocycles. The van der Waals surface area contributed by atoms with Crippen LogP contribution < -0.4 is 21.3 Å². The summed E-state index contributed by atoms with van der Waals surface area (Å²) >= 11 is 0. The monoisotopic (exact) mass is 262 g/mol. The molecule has 1 aliphatic heterocycles. The third-order valence-corrected chi connectivity index (χ3v) is 4.03. The molecule has 4 N–H and O–H groups in total. The lowest BCUT2D eigenvalue weighted by molar-refractivity contribution is -0.127. The summed E-state index contributed by atoms with van der Waals surface area (Å²) in [6, 6.07) is 7.87. The van der Waals surface area contributed by atoms with E-state index in [1.54, 1.807) is 7.05 Å². The zero-order chi connectivity index (χ0) is 13.9. The van der Waals surface area contributed by atoms with E-state index < -0.39 is 5.54 Å². The molecule has 0 aromatic heterocycles. The fourth-order valence-electron chi connectivity index (χ4n) is 2.73. The first kappa shape index (κ1) is 13.7. The van der Waals surface area contributed by atoms with Crippen molar-refractivity contribution in [2.75, 3.05) is 37.8 Å². The molecule has 1 aromatic carbocycles. The van der Waals surface area contributed by atoms with Crippen LogP contribution in [0.3, 0.4) is 0 Å². The Balaban J connectivity index is 2.11. The van der Waals surface area contributed by atoms with Crippen molar-refractivity contribution in [3.05, 3.63) is 24.3 Å². The molecule has 0 atom stereocenters. The van der Waals surface area contributed by atoms with Gasteiger partial charge in [0, 0.05) is 20.1 Å². The van der Waals surface area contributed by atoms with Crippen molar-refractivity contribution in [3.8, 4) is 0 Å². The lowest BCUT2D eigenvalue weighted by atomic mass is 9.86. The van der Waals surface area contributed by atoms with Crippen molar-refractivity contribution in [2.45, 2.75) is 18.4 Å². The lowest BCUT2D eigenvalue weighted by Crippen LogP contribution is -2.60. The number of anilines is 2. The number of para-hydroxylation sites is 2. The van der Waals surface area contributed by atoms with E-state index in [9.17, 15) is 4.79 Å². The van der Waals surface area contributed by atoms with Gasteiger partial charge in [0.2, 0.25) is 5.91 Å². The van der Waals surface area contributed by atoms with Gasteiger partial charge in [-0.05, 0) is 32.0 Å². The number of carbonyl (C=O) groups excluding carboxylic acids is 1. The number of amides is 1. The highest BCUT2D eigenvalue weighted by Crippen LogP contribution is 2.29. The van der Waals surface area contributed by atoms with E-state index in [0.717, 1.165) is 37.3 Å². The maximum absolute atomic E-state index is 12.0. The number of piperidine rings is 1. The molecule has 5 nitrogen and oxygen atoms in total. The first-order valence-corrected chi connectivity index (χ1v) is 6.63. The molecule has 1 saturated heterocycles. The number of nitrogens with zero attached hydrogens (tertiary/aromatic N) is 1. The summed E-state index contributed by atoms with van der Waals surface area (Å²) in [5.74, 6) is 0.0654. The highest BCUT2D eigenvalue weighted by Gasteiger charge is 2.39. The number of nitrogens with two attached hydrogens (primary N) is 1. The molecule has 2 rings (SSSR count). The van der Waals surface area contributed by atoms with E-state index >= 15 is 0 Å². The topological polar surface area (TPSA) is 70.4 Å². The van der Waals surface area contributed by atoms with Crippen molar-refractivity contribution in [1.29, 1.82) is 0 Å². The predicted molar refractivity (Wildman–Crippen MR) is 78.2 cm³/mol. The quantitative estimate of drug-likeness (QED) is 0.697.